The van der Waals surface area contributed by atoms with Crippen molar-refractivity contribution in [2.45, 2.75) is 85.1 Å². The Hall–Kier alpha value is -1.85. The van der Waals surface area contributed by atoms with Crippen molar-refractivity contribution in [1.82, 2.24) is 9.55 Å². The van der Waals surface area contributed by atoms with Crippen molar-refractivity contribution >= 4 is 5.97 Å². The third kappa shape index (κ3) is 9.02. The van der Waals surface area contributed by atoms with Gasteiger partial charge >= 0.3 is 11.7 Å². The molecule has 0 aliphatic carbocycles. The van der Waals surface area contributed by atoms with Gasteiger partial charge in [0.2, 0.25) is 0 Å². The normalized spacial score (nSPS) is 11.1. The van der Waals surface area contributed by atoms with Gasteiger partial charge in [0, 0.05) is 18.3 Å². The van der Waals surface area contributed by atoms with Crippen LogP contribution in [0.5, 0.6) is 0 Å². The van der Waals surface area contributed by atoms with Crippen LogP contribution in [-0.2, 0) is 16.1 Å². The van der Waals surface area contributed by atoms with Crippen molar-refractivity contribution in [3.63, 3.8) is 0 Å². The number of carbonyl (C=O) groups is 1. The van der Waals surface area contributed by atoms with Gasteiger partial charge in [0.25, 0.3) is 5.56 Å². The molecule has 6 heteroatoms. The van der Waals surface area contributed by atoms with Crippen molar-refractivity contribution in [2.24, 2.45) is 5.92 Å². The first-order valence-electron chi connectivity index (χ1n) is 9.89. The molecule has 148 valence electrons. The Kier molecular flexibility index (Phi) is 10.7. The maximum absolute atomic E-state index is 11.7. The molecule has 0 unspecified atom stereocenters. The Morgan fingerprint density at radius 1 is 1.00 bits per heavy atom. The summed E-state index contributed by atoms with van der Waals surface area (Å²) in [6.45, 7) is 6.61. The summed E-state index contributed by atoms with van der Waals surface area (Å²) in [6.07, 6.45) is 11.8. The Labute approximate surface area is 156 Å². The summed E-state index contributed by atoms with van der Waals surface area (Å²) in [5.41, 5.74) is -0.0485. The van der Waals surface area contributed by atoms with E-state index in [4.69, 9.17) is 4.74 Å². The van der Waals surface area contributed by atoms with Gasteiger partial charge in [0.15, 0.2) is 0 Å². The number of rotatable bonds is 13. The second-order valence-electron chi connectivity index (χ2n) is 7.27. The molecule has 26 heavy (non-hydrogen) atoms. The number of carbonyl (C=O) groups excluding carboxylic acids is 1. The van der Waals surface area contributed by atoms with Crippen LogP contribution in [0.3, 0.4) is 0 Å². The van der Waals surface area contributed by atoms with Gasteiger partial charge in [0.05, 0.1) is 12.5 Å². The second kappa shape index (κ2) is 12.5. The molecule has 0 saturated heterocycles. The lowest BCUT2D eigenvalue weighted by atomic mass is 10.1. The number of esters is 1. The Morgan fingerprint density at radius 2 is 1.54 bits per heavy atom. The number of nitrogens with zero attached hydrogens (tertiary/aromatic N) is 1. The van der Waals surface area contributed by atoms with Crippen molar-refractivity contribution < 1.29 is 9.53 Å². The molecule has 1 heterocycles. The van der Waals surface area contributed by atoms with Gasteiger partial charge in [-0.3, -0.25) is 14.6 Å². The predicted molar refractivity (Wildman–Crippen MR) is 103 cm³/mol. The largest absolute Gasteiger partial charge is 0.465 e. The van der Waals surface area contributed by atoms with Gasteiger partial charge in [-0.2, -0.15) is 0 Å². The number of aryl methyl sites for hydroxylation is 2. The van der Waals surface area contributed by atoms with Crippen molar-refractivity contribution in [2.75, 3.05) is 6.61 Å². The molecular weight excluding hydrogens is 332 g/mol. The maximum Gasteiger partial charge on any atom is 0.328 e. The SMILES string of the molecule is Cc1cn(CCCCCCCCCCCOC(=O)C(C)C)c(=O)[nH]c1=O. The van der Waals surface area contributed by atoms with E-state index < -0.39 is 0 Å². The Morgan fingerprint density at radius 3 is 2.12 bits per heavy atom. The number of aromatic nitrogens is 2. The number of H-pyrrole nitrogens is 1. The van der Waals surface area contributed by atoms with E-state index >= 15 is 0 Å². The predicted octanol–water partition coefficient (Wildman–Crippen LogP) is 3.56. The minimum absolute atomic E-state index is 0.0400. The first-order valence-corrected chi connectivity index (χ1v) is 9.89. The van der Waals surface area contributed by atoms with Crippen LogP contribution in [-0.4, -0.2) is 22.1 Å². The average Bonchev–Trinajstić information content (AvgIpc) is 2.59. The number of ether oxygens (including phenoxy) is 1. The van der Waals surface area contributed by atoms with Gasteiger partial charge in [-0.1, -0.05) is 58.8 Å². The van der Waals surface area contributed by atoms with E-state index in [9.17, 15) is 14.4 Å². The lowest BCUT2D eigenvalue weighted by Gasteiger charge is -2.07. The highest BCUT2D eigenvalue weighted by atomic mass is 16.5. The quantitative estimate of drug-likeness (QED) is 0.427. The summed E-state index contributed by atoms with van der Waals surface area (Å²) in [5.74, 6) is -0.147. The van der Waals surface area contributed by atoms with Crippen LogP contribution in [0.15, 0.2) is 15.8 Å². The van der Waals surface area contributed by atoms with Gasteiger partial charge in [-0.25, -0.2) is 4.79 Å². The molecule has 1 aromatic heterocycles. The lowest BCUT2D eigenvalue weighted by Crippen LogP contribution is -2.30. The van der Waals surface area contributed by atoms with Crippen molar-refractivity contribution in [1.29, 1.82) is 0 Å². The van der Waals surface area contributed by atoms with Gasteiger partial charge in [-0.15, -0.1) is 0 Å². The zero-order chi connectivity index (χ0) is 19.4. The molecule has 0 aliphatic heterocycles. The van der Waals surface area contributed by atoms with Crippen LogP contribution in [0.4, 0.5) is 0 Å². The molecule has 0 saturated carbocycles. The van der Waals surface area contributed by atoms with E-state index in [-0.39, 0.29) is 23.1 Å². The fourth-order valence-corrected chi connectivity index (χ4v) is 2.75. The number of nitrogens with one attached hydrogen (secondary N) is 1. The third-order valence-corrected chi connectivity index (χ3v) is 4.45. The first-order chi connectivity index (χ1) is 12.4. The van der Waals surface area contributed by atoms with Crippen LogP contribution >= 0.6 is 0 Å². The molecule has 0 spiro atoms. The molecule has 1 rings (SSSR count). The van der Waals surface area contributed by atoms with Crippen molar-refractivity contribution in [3.8, 4) is 0 Å². The average molecular weight is 367 g/mol. The van der Waals surface area contributed by atoms with Gasteiger partial charge in [0.1, 0.15) is 0 Å². The molecule has 0 aromatic carbocycles. The van der Waals surface area contributed by atoms with E-state index in [2.05, 4.69) is 4.98 Å². The van der Waals surface area contributed by atoms with Crippen LogP contribution in [0.1, 0.15) is 77.2 Å². The fourth-order valence-electron chi connectivity index (χ4n) is 2.75. The topological polar surface area (TPSA) is 81.2 Å². The monoisotopic (exact) mass is 366 g/mol. The number of unbranched alkanes of at least 4 members (excludes halogenated alkanes) is 8. The summed E-state index contributed by atoms with van der Waals surface area (Å²) in [6, 6.07) is 0. The summed E-state index contributed by atoms with van der Waals surface area (Å²) >= 11 is 0. The van der Waals surface area contributed by atoms with Crippen LogP contribution < -0.4 is 11.2 Å². The zero-order valence-electron chi connectivity index (χ0n) is 16.5. The molecule has 0 atom stereocenters. The highest BCUT2D eigenvalue weighted by molar-refractivity contribution is 5.71. The molecule has 1 N–H and O–H groups in total. The summed E-state index contributed by atoms with van der Waals surface area (Å²) in [7, 11) is 0. The van der Waals surface area contributed by atoms with Gasteiger partial charge in [-0.05, 0) is 19.8 Å². The molecule has 0 amide bonds. The van der Waals surface area contributed by atoms with Crippen molar-refractivity contribution in [3.05, 3.63) is 32.6 Å². The second-order valence-corrected chi connectivity index (χ2v) is 7.27. The minimum Gasteiger partial charge on any atom is -0.465 e. The van der Waals surface area contributed by atoms with E-state index in [1.54, 1.807) is 17.7 Å². The number of hydrogen-bond acceptors (Lipinski definition) is 4. The standard InChI is InChI=1S/C20H34N2O4/c1-16(2)19(24)26-14-12-10-8-6-4-5-7-9-11-13-22-15-17(3)18(23)21-20(22)25/h15-16H,4-14H2,1-3H3,(H,21,23,25). The first kappa shape index (κ1) is 22.2. The highest BCUT2D eigenvalue weighted by Gasteiger charge is 2.07. The molecule has 0 aliphatic rings. The highest BCUT2D eigenvalue weighted by Crippen LogP contribution is 2.10. The number of hydrogen-bond donors (Lipinski definition) is 1. The fraction of sp³-hybridized carbons (Fsp3) is 0.750. The zero-order valence-corrected chi connectivity index (χ0v) is 16.5. The van der Waals surface area contributed by atoms with Crippen LogP contribution in [0.25, 0.3) is 0 Å². The summed E-state index contributed by atoms with van der Waals surface area (Å²) < 4.78 is 6.74. The van der Waals surface area contributed by atoms with E-state index in [1.165, 1.54) is 32.1 Å². The van der Waals surface area contributed by atoms with Crippen LogP contribution in [0.2, 0.25) is 0 Å². The smallest absolute Gasteiger partial charge is 0.328 e. The molecular formula is C20H34N2O4. The van der Waals surface area contributed by atoms with Gasteiger partial charge < -0.3 is 9.30 Å². The molecule has 0 radical (unpaired) electrons. The lowest BCUT2D eigenvalue weighted by molar-refractivity contribution is -0.147. The minimum atomic E-state index is -0.320. The molecule has 0 fully saturated rings. The summed E-state index contributed by atoms with van der Waals surface area (Å²) in [4.78, 5) is 36.6. The maximum atomic E-state index is 11.7. The van der Waals surface area contributed by atoms with E-state index in [0.717, 1.165) is 25.7 Å². The molecule has 6 nitrogen and oxygen atoms in total. The Balaban J connectivity index is 1.95. The molecule has 0 bridgehead atoms. The number of aromatic amines is 1. The van der Waals surface area contributed by atoms with Crippen LogP contribution in [0, 0.1) is 12.8 Å². The third-order valence-electron chi connectivity index (χ3n) is 4.45. The summed E-state index contributed by atoms with van der Waals surface area (Å²) in [5, 5.41) is 0. The Bertz CT molecular complexity index is 646. The molecule has 1 aromatic rings. The van der Waals surface area contributed by atoms with E-state index in [0.29, 0.717) is 18.7 Å². The van der Waals surface area contributed by atoms with E-state index in [1.807, 2.05) is 13.8 Å².